The fourth-order valence-electron chi connectivity index (χ4n) is 2.85. The number of benzene rings is 2. The van der Waals surface area contributed by atoms with Gasteiger partial charge in [-0.05, 0) is 61.9 Å². The molecular weight excluding hydrogens is 412 g/mol. The Morgan fingerprint density at radius 3 is 2.62 bits per heavy atom. The lowest BCUT2D eigenvalue weighted by Gasteiger charge is -2.14. The normalized spacial score (nSPS) is 12.4. The van der Waals surface area contributed by atoms with Crippen LogP contribution in [0.1, 0.15) is 28.6 Å². The van der Waals surface area contributed by atoms with Crippen molar-refractivity contribution < 1.29 is 17.6 Å². The van der Waals surface area contributed by atoms with E-state index in [1.807, 2.05) is 26.0 Å². The van der Waals surface area contributed by atoms with Crippen LogP contribution < -0.4 is 10.0 Å². The molecule has 0 fully saturated rings. The number of halogens is 1. The Morgan fingerprint density at radius 2 is 1.93 bits per heavy atom. The number of sulfonamides is 1. The SMILES string of the molecule is Cc1cccc(NS(=O)(=O)c2ccc(Cl)c(C(=O)NC(C)Cc3ccco3)c2)c1. The van der Waals surface area contributed by atoms with Gasteiger partial charge in [-0.15, -0.1) is 0 Å². The van der Waals surface area contributed by atoms with Crippen LogP contribution in [0.2, 0.25) is 5.02 Å². The van der Waals surface area contributed by atoms with Gasteiger partial charge in [-0.2, -0.15) is 0 Å². The molecule has 0 bridgehead atoms. The van der Waals surface area contributed by atoms with Gasteiger partial charge in [-0.25, -0.2) is 8.42 Å². The summed E-state index contributed by atoms with van der Waals surface area (Å²) in [5.41, 5.74) is 1.45. The quantitative estimate of drug-likeness (QED) is 0.579. The smallest absolute Gasteiger partial charge is 0.261 e. The van der Waals surface area contributed by atoms with E-state index < -0.39 is 15.9 Å². The first-order valence-electron chi connectivity index (χ1n) is 8.97. The van der Waals surface area contributed by atoms with E-state index in [1.54, 1.807) is 30.5 Å². The maximum Gasteiger partial charge on any atom is 0.261 e. The number of hydrogen-bond donors (Lipinski definition) is 2. The standard InChI is InChI=1S/C21H21ClN2O4S/c1-14-5-3-6-16(11-14)24-29(26,27)18-8-9-20(22)19(13-18)21(25)23-15(2)12-17-7-4-10-28-17/h3-11,13,15,24H,12H2,1-2H3,(H,23,25). The molecule has 8 heteroatoms. The average Bonchev–Trinajstić information content (AvgIpc) is 3.14. The Hall–Kier alpha value is -2.77. The van der Waals surface area contributed by atoms with Crippen molar-refractivity contribution in [3.63, 3.8) is 0 Å². The minimum absolute atomic E-state index is 0.0488. The number of anilines is 1. The lowest BCUT2D eigenvalue weighted by Crippen LogP contribution is -2.34. The monoisotopic (exact) mass is 432 g/mol. The van der Waals surface area contributed by atoms with E-state index in [0.717, 1.165) is 11.3 Å². The summed E-state index contributed by atoms with van der Waals surface area (Å²) in [4.78, 5) is 12.6. The van der Waals surface area contributed by atoms with Crippen molar-refractivity contribution in [3.8, 4) is 0 Å². The van der Waals surface area contributed by atoms with Crippen LogP contribution in [-0.2, 0) is 16.4 Å². The first-order chi connectivity index (χ1) is 13.7. The highest BCUT2D eigenvalue weighted by Gasteiger charge is 2.20. The molecule has 2 N–H and O–H groups in total. The van der Waals surface area contributed by atoms with Gasteiger partial charge < -0.3 is 9.73 Å². The third-order valence-corrected chi connectivity index (χ3v) is 5.94. The summed E-state index contributed by atoms with van der Waals surface area (Å²) >= 11 is 6.15. The van der Waals surface area contributed by atoms with Crippen molar-refractivity contribution in [2.45, 2.75) is 31.2 Å². The number of aryl methyl sites for hydroxylation is 1. The van der Waals surface area contributed by atoms with Gasteiger partial charge in [0.1, 0.15) is 5.76 Å². The molecular formula is C21H21ClN2O4S. The number of amides is 1. The largest absolute Gasteiger partial charge is 0.469 e. The van der Waals surface area contributed by atoms with Gasteiger partial charge in [-0.1, -0.05) is 23.7 Å². The zero-order valence-corrected chi connectivity index (χ0v) is 17.5. The molecule has 3 aromatic rings. The lowest BCUT2D eigenvalue weighted by molar-refractivity contribution is 0.0939. The number of furan rings is 1. The minimum Gasteiger partial charge on any atom is -0.469 e. The minimum atomic E-state index is -3.88. The van der Waals surface area contributed by atoms with Gasteiger partial charge in [0.15, 0.2) is 0 Å². The third-order valence-electron chi connectivity index (χ3n) is 4.23. The molecule has 0 saturated carbocycles. The van der Waals surface area contributed by atoms with Gasteiger partial charge in [-0.3, -0.25) is 9.52 Å². The summed E-state index contributed by atoms with van der Waals surface area (Å²) in [6, 6.07) is 14.4. The molecule has 29 heavy (non-hydrogen) atoms. The summed E-state index contributed by atoms with van der Waals surface area (Å²) in [5.74, 6) is 0.282. The van der Waals surface area contributed by atoms with E-state index in [1.165, 1.54) is 18.2 Å². The van der Waals surface area contributed by atoms with Crippen LogP contribution in [0, 0.1) is 6.92 Å². The molecule has 1 unspecified atom stereocenters. The predicted octanol–water partition coefficient (Wildman–Crippen LogP) is 4.40. The summed E-state index contributed by atoms with van der Waals surface area (Å²) in [6.45, 7) is 3.70. The van der Waals surface area contributed by atoms with Crippen LogP contribution in [0.4, 0.5) is 5.69 Å². The molecule has 1 atom stereocenters. The molecule has 1 amide bonds. The number of carbonyl (C=O) groups is 1. The maximum absolute atomic E-state index is 12.7. The van der Waals surface area contributed by atoms with E-state index in [0.29, 0.717) is 12.1 Å². The highest BCUT2D eigenvalue weighted by molar-refractivity contribution is 7.92. The van der Waals surface area contributed by atoms with Gasteiger partial charge in [0, 0.05) is 18.2 Å². The van der Waals surface area contributed by atoms with Crippen LogP contribution in [0.25, 0.3) is 0 Å². The first-order valence-corrected chi connectivity index (χ1v) is 10.8. The van der Waals surface area contributed by atoms with Gasteiger partial charge >= 0.3 is 0 Å². The highest BCUT2D eigenvalue weighted by atomic mass is 35.5. The second-order valence-electron chi connectivity index (χ2n) is 6.77. The fraction of sp³-hybridized carbons (Fsp3) is 0.190. The molecule has 3 rings (SSSR count). The first kappa shape index (κ1) is 21.0. The van der Waals surface area contributed by atoms with Crippen LogP contribution >= 0.6 is 11.6 Å². The zero-order valence-electron chi connectivity index (χ0n) is 16.0. The lowest BCUT2D eigenvalue weighted by atomic mass is 10.1. The Morgan fingerprint density at radius 1 is 1.14 bits per heavy atom. The molecule has 152 valence electrons. The summed E-state index contributed by atoms with van der Waals surface area (Å²) in [7, 11) is -3.88. The molecule has 0 spiro atoms. The van der Waals surface area contributed by atoms with Crippen LogP contribution in [0.5, 0.6) is 0 Å². The molecule has 0 aliphatic carbocycles. The molecule has 0 saturated heterocycles. The van der Waals surface area contributed by atoms with Gasteiger partial charge in [0.25, 0.3) is 15.9 Å². The molecule has 1 heterocycles. The van der Waals surface area contributed by atoms with Gasteiger partial charge in [0.2, 0.25) is 0 Å². The fourth-order valence-corrected chi connectivity index (χ4v) is 4.13. The van der Waals surface area contributed by atoms with Crippen molar-refractivity contribution in [1.29, 1.82) is 0 Å². The zero-order chi connectivity index (χ0) is 21.0. The Labute approximate surface area is 174 Å². The topological polar surface area (TPSA) is 88.4 Å². The molecule has 0 radical (unpaired) electrons. The van der Waals surface area contributed by atoms with Crippen molar-refractivity contribution in [1.82, 2.24) is 5.32 Å². The second-order valence-corrected chi connectivity index (χ2v) is 8.86. The molecule has 2 aromatic carbocycles. The highest BCUT2D eigenvalue weighted by Crippen LogP contribution is 2.23. The summed E-state index contributed by atoms with van der Waals surface area (Å²) in [6.07, 6.45) is 2.07. The van der Waals surface area contributed by atoms with E-state index in [9.17, 15) is 13.2 Å². The summed E-state index contributed by atoms with van der Waals surface area (Å²) < 4.78 is 33.3. The Bertz CT molecular complexity index is 1110. The van der Waals surface area contributed by atoms with Gasteiger partial charge in [0.05, 0.1) is 21.7 Å². The second kappa shape index (κ2) is 8.71. The number of rotatable bonds is 7. The maximum atomic E-state index is 12.7. The van der Waals surface area contributed by atoms with E-state index in [-0.39, 0.29) is 21.5 Å². The molecule has 6 nitrogen and oxygen atoms in total. The van der Waals surface area contributed by atoms with Crippen LogP contribution in [-0.4, -0.2) is 20.4 Å². The van der Waals surface area contributed by atoms with Crippen LogP contribution in [0.3, 0.4) is 0 Å². The Kier molecular flexibility index (Phi) is 6.30. The molecule has 0 aliphatic rings. The van der Waals surface area contributed by atoms with E-state index in [4.69, 9.17) is 16.0 Å². The van der Waals surface area contributed by atoms with Crippen LogP contribution in [0.15, 0.2) is 70.2 Å². The van der Waals surface area contributed by atoms with Crippen molar-refractivity contribution >= 4 is 33.2 Å². The van der Waals surface area contributed by atoms with Crippen molar-refractivity contribution in [3.05, 3.63) is 82.8 Å². The Balaban J connectivity index is 1.78. The third kappa shape index (κ3) is 5.40. The number of nitrogens with one attached hydrogen (secondary N) is 2. The summed E-state index contributed by atoms with van der Waals surface area (Å²) in [5, 5.41) is 2.98. The molecule has 0 aliphatic heterocycles. The molecule has 1 aromatic heterocycles. The number of carbonyl (C=O) groups excluding carboxylic acids is 1. The van der Waals surface area contributed by atoms with E-state index in [2.05, 4.69) is 10.0 Å². The predicted molar refractivity (Wildman–Crippen MR) is 113 cm³/mol. The van der Waals surface area contributed by atoms with Crippen molar-refractivity contribution in [2.75, 3.05) is 4.72 Å². The van der Waals surface area contributed by atoms with Crippen molar-refractivity contribution in [2.24, 2.45) is 0 Å². The van der Waals surface area contributed by atoms with E-state index >= 15 is 0 Å². The number of hydrogen-bond acceptors (Lipinski definition) is 4. The average molecular weight is 433 g/mol.